The van der Waals surface area contributed by atoms with Crippen LogP contribution in [0.1, 0.15) is 248 Å². The molecule has 123 heavy (non-hydrogen) atoms. The number of carboxylic acids is 1. The number of carbonyl (C=O) groups is 9. The molecule has 0 unspecified atom stereocenters. The van der Waals surface area contributed by atoms with Crippen LogP contribution in [0.15, 0.2) is 89.5 Å². The molecule has 0 aromatic heterocycles. The Kier molecular flexibility index (Phi) is 45.8. The highest BCUT2D eigenvalue weighted by Gasteiger charge is 2.41. The lowest BCUT2D eigenvalue weighted by molar-refractivity contribution is -0.151. The third kappa shape index (κ3) is 33.5. The number of ether oxygens (including phenoxy) is 8. The first kappa shape index (κ1) is 102. The lowest BCUT2D eigenvalue weighted by Crippen LogP contribution is -2.32. The number of fused-ring (bicyclic) bond motifs is 2. The standard InChI is InChI=1S/C57H74N2O12S2.C23H36O6.C12H8N2OS2.Cl2OS/c1-5-48(60)66-31-11-7-9-13-33-68-53(62)42-23-15-38(16-24-42)40-19-27-44(28-20-40)55(64)70-47-35-37(3)50(52-51(47)72-57(73-52)46(36-58)59-4)71-56(65)45-29-21-41(22-30-45)39-17-25-43(26-18-39)54(63)69-34-14-10-8-12-32-67-49(61)6-2;1-2-21(24)28-15-5-3-4-6-16-29-23(27)20-13-9-18(10-14-20)17-7-11-19(12-8-17)22(25)26;1-6-4-7(2)10-11(9(6)15)17-12(16-10)8(5-13)14-3;1-4(2)3/h5-6,35,38-45H,1-2,7-34H2,3H3;2,17-20H,1,3-16H2,(H,25,26);4,15H,1-2H3;/b57-46-;;12-8-;. The van der Waals surface area contributed by atoms with Crippen molar-refractivity contribution in [1.29, 1.82) is 10.5 Å². The number of carbonyl (C=O) groups excluding carboxylic acids is 8. The normalized spacial score (nSPS) is 23.9. The fourth-order valence-electron chi connectivity index (χ4n) is 17.7. The fraction of sp³-hybridized carbons (Fsp3) is 0.620. The monoisotopic (exact) mass is 1830 g/mol. The predicted octanol–water partition coefficient (Wildman–Crippen LogP) is 21.9. The minimum atomic E-state index is -1.67. The summed E-state index contributed by atoms with van der Waals surface area (Å²) in [6.45, 7) is 32.7. The van der Waals surface area contributed by atoms with Gasteiger partial charge in [-0.15, -0.1) is 0 Å². The number of aryl methyl sites for hydroxylation is 3. The number of unbranched alkanes of at least 4 members (excludes halogenated alkanes) is 9. The summed E-state index contributed by atoms with van der Waals surface area (Å²) in [5.41, 5.74) is 2.52. The summed E-state index contributed by atoms with van der Waals surface area (Å²) in [5, 5.41) is 37.7. The van der Waals surface area contributed by atoms with Gasteiger partial charge in [-0.2, -0.15) is 0 Å². The largest absolute Gasteiger partial charge is 0.506 e. The van der Waals surface area contributed by atoms with E-state index in [0.717, 1.165) is 245 Å². The number of nitriles is 2. The number of allylic oxidation sites excluding steroid dienone is 2. The average Bonchev–Trinajstić information content (AvgIpc) is 1.64. The molecule has 2 aromatic rings. The minimum absolute atomic E-state index is 0.0277. The number of aliphatic carboxylic acids is 1. The quantitative estimate of drug-likeness (QED) is 0.00946. The number of halogens is 2. The SMILES string of the molecule is C=CC(=O)OCCCCCCOC(=O)C1CCC(C2CCC(C(=O)O)CC2)CC1.O=S(Cl)Cl.[C-]#[N+]/C(C#N)=C1/Sc2c(C)cc(C)c(O)c2S1.[C-]#[N+]/C(C#N)=C1/Sc2c(OC(=O)C3CCC(C4CCC(C(=O)OCCCCCCOC(=O)C=C)CC4)CC3)cc(C)c(OC(=O)C3CCC(C4CCC(C(=O)OCCCCCCOC(=O)C=C)CC4)CC3)c2S1. The highest BCUT2D eigenvalue weighted by molar-refractivity contribution is 8.26. The summed E-state index contributed by atoms with van der Waals surface area (Å²) in [6, 6.07) is 7.51. The number of hydrogen-bond acceptors (Lipinski definition) is 25. The van der Waals surface area contributed by atoms with E-state index in [0.29, 0.717) is 136 Å². The van der Waals surface area contributed by atoms with Gasteiger partial charge in [0.1, 0.15) is 17.2 Å². The van der Waals surface area contributed by atoms with Crippen molar-refractivity contribution in [2.75, 3.05) is 39.6 Å². The van der Waals surface area contributed by atoms with Crippen molar-refractivity contribution in [2.24, 2.45) is 71.0 Å². The van der Waals surface area contributed by atoms with Crippen molar-refractivity contribution < 1.29 is 95.5 Å². The Bertz CT molecular complexity index is 4210. The molecule has 6 fully saturated rings. The van der Waals surface area contributed by atoms with E-state index >= 15 is 0 Å². The van der Waals surface area contributed by atoms with Gasteiger partial charge >= 0.3 is 53.7 Å². The Morgan fingerprint density at radius 1 is 0.415 bits per heavy atom. The Labute approximate surface area is 753 Å². The zero-order valence-corrected chi connectivity index (χ0v) is 76.6. The number of phenols is 1. The van der Waals surface area contributed by atoms with Gasteiger partial charge in [0.25, 0.3) is 11.4 Å². The molecule has 0 atom stereocenters. The first-order chi connectivity index (χ1) is 59.2. The number of nitrogens with zero attached hydrogens (tertiary/aromatic N) is 4. The van der Waals surface area contributed by atoms with E-state index < -0.39 is 27.1 Å². The molecule has 10 rings (SSSR count). The predicted molar refractivity (Wildman–Crippen MR) is 474 cm³/mol. The Balaban J connectivity index is 0.000000334. The van der Waals surface area contributed by atoms with Crippen molar-refractivity contribution in [1.82, 2.24) is 0 Å². The van der Waals surface area contributed by atoms with E-state index in [2.05, 4.69) is 50.8 Å². The summed E-state index contributed by atoms with van der Waals surface area (Å²) < 4.78 is 54.2. The first-order valence-corrected chi connectivity index (χ1v) is 49.4. The van der Waals surface area contributed by atoms with Gasteiger partial charge in [-0.3, -0.25) is 28.8 Å². The van der Waals surface area contributed by atoms with Crippen molar-refractivity contribution in [2.45, 2.75) is 272 Å². The molecule has 0 bridgehead atoms. The van der Waals surface area contributed by atoms with E-state index in [1.54, 1.807) is 6.07 Å². The lowest BCUT2D eigenvalue weighted by atomic mass is 9.69. The van der Waals surface area contributed by atoms with Gasteiger partial charge in [0.2, 0.25) is 9.23 Å². The molecule has 0 spiro atoms. The highest BCUT2D eigenvalue weighted by atomic mass is 36.0. The number of hydrogen-bond donors (Lipinski definition) is 2. The van der Waals surface area contributed by atoms with E-state index in [1.807, 2.05) is 39.0 Å². The second kappa shape index (κ2) is 55.0. The molecule has 670 valence electrons. The summed E-state index contributed by atoms with van der Waals surface area (Å²) in [4.78, 5) is 119. The molecule has 2 heterocycles. The fourth-order valence-corrected chi connectivity index (χ4v) is 22.8. The number of benzene rings is 2. The first-order valence-electron chi connectivity index (χ1n) is 43.3. The average molecular weight is 1830 g/mol. The van der Waals surface area contributed by atoms with Crippen LogP contribution < -0.4 is 9.47 Å². The lowest BCUT2D eigenvalue weighted by Gasteiger charge is -2.37. The van der Waals surface area contributed by atoms with Crippen LogP contribution in [0.2, 0.25) is 0 Å². The number of rotatable bonds is 35. The summed E-state index contributed by atoms with van der Waals surface area (Å²) >= 11 is 5.09. The van der Waals surface area contributed by atoms with Crippen LogP contribution in [0.25, 0.3) is 9.69 Å². The van der Waals surface area contributed by atoms with Crippen LogP contribution >= 0.6 is 68.4 Å². The molecule has 6 aliphatic carbocycles. The smallest absolute Gasteiger partial charge is 0.330 e. The van der Waals surface area contributed by atoms with Crippen molar-refractivity contribution in [3.05, 3.63) is 109 Å². The second-order valence-corrected chi connectivity index (χ2v) is 39.8. The zero-order valence-electron chi connectivity index (χ0n) is 71.0. The molecular weight excluding hydrogens is 1710 g/mol. The van der Waals surface area contributed by atoms with Gasteiger partial charge < -0.3 is 48.1 Å². The van der Waals surface area contributed by atoms with Crippen LogP contribution in [0.3, 0.4) is 0 Å². The molecule has 31 heteroatoms. The van der Waals surface area contributed by atoms with Crippen molar-refractivity contribution in [3.63, 3.8) is 0 Å². The van der Waals surface area contributed by atoms with Crippen molar-refractivity contribution >= 4 is 131 Å². The molecule has 6 saturated carbocycles. The topological polar surface area (TPSA) is 341 Å². The molecule has 2 aromatic carbocycles. The van der Waals surface area contributed by atoms with Crippen molar-refractivity contribution in [3.8, 4) is 29.4 Å². The number of carboxylic acid groups (broad SMARTS) is 1. The van der Waals surface area contributed by atoms with Crippen LogP contribution in [0.5, 0.6) is 17.2 Å². The third-order valence-corrected chi connectivity index (χ3v) is 30.0. The summed E-state index contributed by atoms with van der Waals surface area (Å²) in [5.74, 6) is 0.674. The van der Waals surface area contributed by atoms with Crippen LogP contribution in [0, 0.1) is 128 Å². The summed E-state index contributed by atoms with van der Waals surface area (Å²) in [7, 11) is 7.36. The molecule has 2 aliphatic heterocycles. The molecule has 2 N–H and O–H groups in total. The van der Waals surface area contributed by atoms with Gasteiger partial charge in [0.15, 0.2) is 0 Å². The van der Waals surface area contributed by atoms with E-state index in [1.165, 1.54) is 47.0 Å². The number of thioether (sulfide) groups is 4. The van der Waals surface area contributed by atoms with Gasteiger partial charge in [-0.1, -0.05) is 72.9 Å². The maximum atomic E-state index is 13.9. The highest BCUT2D eigenvalue weighted by Crippen LogP contribution is 2.61. The molecule has 8 aliphatic rings. The van der Waals surface area contributed by atoms with Crippen LogP contribution in [0.4, 0.5) is 0 Å². The van der Waals surface area contributed by atoms with Crippen LogP contribution in [-0.2, 0) is 80.8 Å². The molecule has 24 nitrogen and oxygen atoms in total. The number of aromatic hydroxyl groups is 1. The van der Waals surface area contributed by atoms with E-state index in [9.17, 15) is 53.5 Å². The van der Waals surface area contributed by atoms with E-state index in [4.69, 9.17) is 65.6 Å². The third-order valence-electron chi connectivity index (χ3n) is 24.7. The second-order valence-electron chi connectivity index (χ2n) is 32.7. The number of phenolic OH excluding ortho intramolecular Hbond substituents is 1. The minimum Gasteiger partial charge on any atom is -0.506 e. The molecule has 0 radical (unpaired) electrons. The molecule has 0 amide bonds. The van der Waals surface area contributed by atoms with Gasteiger partial charge in [-0.25, -0.2) is 38.8 Å². The Morgan fingerprint density at radius 2 is 0.691 bits per heavy atom. The van der Waals surface area contributed by atoms with Gasteiger partial charge in [0, 0.05) is 44.5 Å². The Hall–Kier alpha value is -7.74. The maximum absolute atomic E-state index is 13.9. The zero-order chi connectivity index (χ0) is 89.3. The van der Waals surface area contributed by atoms with Gasteiger partial charge in [-0.05, 0) is 310 Å². The number of esters is 8. The Morgan fingerprint density at radius 3 is 0.992 bits per heavy atom. The van der Waals surface area contributed by atoms with Gasteiger partial charge in [0.05, 0.1) is 124 Å². The van der Waals surface area contributed by atoms with E-state index in [-0.39, 0.29) is 88.5 Å². The van der Waals surface area contributed by atoms with Crippen LogP contribution in [-0.4, -0.2) is 108 Å². The summed E-state index contributed by atoms with van der Waals surface area (Å²) in [6.07, 6.45) is 34.9. The molecular formula is C92H118Cl2N4O20S5. The maximum Gasteiger partial charge on any atom is 0.330 e. The molecule has 0 saturated heterocycles.